The first-order valence-electron chi connectivity index (χ1n) is 8.85. The van der Waals surface area contributed by atoms with Crippen molar-refractivity contribution >= 4 is 23.3 Å². The highest BCUT2D eigenvalue weighted by Gasteiger charge is 2.33. The number of likely N-dealkylation sites (tertiary alicyclic amines) is 1. The zero-order valence-electron chi connectivity index (χ0n) is 15.1. The Morgan fingerprint density at radius 2 is 1.80 bits per heavy atom. The van der Waals surface area contributed by atoms with Crippen molar-refractivity contribution in [2.75, 3.05) is 25.0 Å². The Bertz CT molecular complexity index is 619. The number of amides is 1. The fourth-order valence-electron chi connectivity index (χ4n) is 3.14. The third-order valence-electron chi connectivity index (χ3n) is 4.81. The smallest absolute Gasteiger partial charge is 0.309 e. The molecule has 1 aromatic carbocycles. The Morgan fingerprint density at radius 3 is 2.32 bits per heavy atom. The van der Waals surface area contributed by atoms with E-state index in [2.05, 4.69) is 5.32 Å². The molecular formula is C19H27N2O4+. The summed E-state index contributed by atoms with van der Waals surface area (Å²) in [7, 11) is 0. The van der Waals surface area contributed by atoms with Crippen LogP contribution in [0, 0.1) is 5.92 Å². The fourth-order valence-corrected chi connectivity index (χ4v) is 3.14. The number of hydrogen-bond donors (Lipinski definition) is 2. The molecule has 0 spiro atoms. The summed E-state index contributed by atoms with van der Waals surface area (Å²) in [5.41, 5.74) is 1.31. The van der Waals surface area contributed by atoms with Crippen molar-refractivity contribution in [3.63, 3.8) is 0 Å². The molecule has 6 heteroatoms. The fraction of sp³-hybridized carbons (Fsp3) is 0.526. The molecule has 2 N–H and O–H groups in total. The van der Waals surface area contributed by atoms with Gasteiger partial charge in [0.2, 0.25) is 0 Å². The third-order valence-corrected chi connectivity index (χ3v) is 4.81. The highest BCUT2D eigenvalue weighted by Crippen LogP contribution is 2.13. The van der Waals surface area contributed by atoms with Gasteiger partial charge in [-0.05, 0) is 45.0 Å². The standard InChI is InChI=1S/C19H26N2O4/c1-4-25-19(24)16-9-11-21(12-10-16)13(2)18(23)20-17-7-5-15(6-8-17)14(3)22/h5-8,13,16H,4,9-12H2,1-3H3,(H,20,23)/p+1/t13-/m1/s1. The number of benzene rings is 1. The van der Waals surface area contributed by atoms with Crippen LogP contribution >= 0.6 is 0 Å². The first-order valence-corrected chi connectivity index (χ1v) is 8.85. The number of carbonyl (C=O) groups is 3. The topological polar surface area (TPSA) is 76.9 Å². The molecule has 25 heavy (non-hydrogen) atoms. The van der Waals surface area contributed by atoms with Crippen LogP contribution in [0.25, 0.3) is 0 Å². The number of esters is 1. The summed E-state index contributed by atoms with van der Waals surface area (Å²) < 4.78 is 5.08. The van der Waals surface area contributed by atoms with Gasteiger partial charge in [0.15, 0.2) is 11.8 Å². The number of Topliss-reactive ketones (excluding diaryl/α,β-unsaturated/α-hetero) is 1. The van der Waals surface area contributed by atoms with E-state index in [1.54, 1.807) is 24.3 Å². The minimum atomic E-state index is -0.198. The van der Waals surface area contributed by atoms with Crippen LogP contribution in [0.3, 0.4) is 0 Å². The Morgan fingerprint density at radius 1 is 1.20 bits per heavy atom. The van der Waals surface area contributed by atoms with E-state index in [1.807, 2.05) is 13.8 Å². The van der Waals surface area contributed by atoms with Crippen LogP contribution < -0.4 is 10.2 Å². The monoisotopic (exact) mass is 347 g/mol. The molecule has 1 fully saturated rings. The highest BCUT2D eigenvalue weighted by molar-refractivity contribution is 5.96. The Labute approximate surface area is 148 Å². The second-order valence-electron chi connectivity index (χ2n) is 6.53. The van der Waals surface area contributed by atoms with E-state index < -0.39 is 0 Å². The second-order valence-corrected chi connectivity index (χ2v) is 6.53. The van der Waals surface area contributed by atoms with Gasteiger partial charge in [0.1, 0.15) is 0 Å². The van der Waals surface area contributed by atoms with E-state index in [4.69, 9.17) is 4.74 Å². The minimum Gasteiger partial charge on any atom is -0.466 e. The van der Waals surface area contributed by atoms with Gasteiger partial charge < -0.3 is 15.0 Å². The third kappa shape index (κ3) is 5.13. The molecule has 6 nitrogen and oxygen atoms in total. The predicted molar refractivity (Wildman–Crippen MR) is 94.6 cm³/mol. The molecule has 1 aliphatic heterocycles. The molecule has 1 aromatic rings. The largest absolute Gasteiger partial charge is 0.466 e. The minimum absolute atomic E-state index is 0.000148. The average molecular weight is 347 g/mol. The Hall–Kier alpha value is -2.21. The summed E-state index contributed by atoms with van der Waals surface area (Å²) in [4.78, 5) is 36.7. The SMILES string of the molecule is CCOC(=O)C1CC[NH+]([C@H](C)C(=O)Nc2ccc(C(C)=O)cc2)CC1. The summed E-state index contributed by atoms with van der Waals surface area (Å²) >= 11 is 0. The molecule has 1 amide bonds. The Balaban J connectivity index is 1.86. The molecule has 0 aromatic heterocycles. The molecule has 2 rings (SSSR count). The van der Waals surface area contributed by atoms with Crippen LogP contribution in [-0.4, -0.2) is 43.4 Å². The van der Waals surface area contributed by atoms with Crippen LogP contribution in [0.1, 0.15) is 44.0 Å². The molecule has 1 aliphatic rings. The lowest BCUT2D eigenvalue weighted by atomic mass is 9.96. The van der Waals surface area contributed by atoms with Crippen molar-refractivity contribution < 1.29 is 24.0 Å². The van der Waals surface area contributed by atoms with Gasteiger partial charge in [0, 0.05) is 24.1 Å². The lowest BCUT2D eigenvalue weighted by Gasteiger charge is -2.31. The number of piperidine rings is 1. The number of anilines is 1. The van der Waals surface area contributed by atoms with Gasteiger partial charge in [0.05, 0.1) is 25.6 Å². The molecule has 0 bridgehead atoms. The molecule has 1 heterocycles. The van der Waals surface area contributed by atoms with Gasteiger partial charge in [-0.3, -0.25) is 14.4 Å². The van der Waals surface area contributed by atoms with Gasteiger partial charge in [-0.1, -0.05) is 0 Å². The number of quaternary nitrogens is 1. The van der Waals surface area contributed by atoms with E-state index >= 15 is 0 Å². The maximum atomic E-state index is 12.5. The number of ether oxygens (including phenoxy) is 1. The molecular weight excluding hydrogens is 320 g/mol. The molecule has 0 unspecified atom stereocenters. The van der Waals surface area contributed by atoms with E-state index in [0.29, 0.717) is 17.9 Å². The van der Waals surface area contributed by atoms with Crippen molar-refractivity contribution in [1.82, 2.24) is 0 Å². The molecule has 1 atom stereocenters. The normalized spacial score (nSPS) is 21.2. The van der Waals surface area contributed by atoms with Gasteiger partial charge in [-0.15, -0.1) is 0 Å². The highest BCUT2D eigenvalue weighted by atomic mass is 16.5. The molecule has 0 radical (unpaired) electrons. The summed E-state index contributed by atoms with van der Waals surface area (Å²) in [6.07, 6.45) is 1.50. The lowest BCUT2D eigenvalue weighted by Crippen LogP contribution is -3.17. The number of rotatable bonds is 6. The second kappa shape index (κ2) is 8.76. The zero-order chi connectivity index (χ0) is 18.4. The number of ketones is 1. The van der Waals surface area contributed by atoms with Crippen LogP contribution in [0.4, 0.5) is 5.69 Å². The maximum absolute atomic E-state index is 12.5. The summed E-state index contributed by atoms with van der Waals surface area (Å²) in [5, 5.41) is 2.90. The van der Waals surface area contributed by atoms with E-state index in [9.17, 15) is 14.4 Å². The molecule has 0 aliphatic carbocycles. The van der Waals surface area contributed by atoms with Crippen LogP contribution in [0.15, 0.2) is 24.3 Å². The molecule has 136 valence electrons. The maximum Gasteiger partial charge on any atom is 0.309 e. The van der Waals surface area contributed by atoms with Crippen molar-refractivity contribution in [2.45, 2.75) is 39.7 Å². The van der Waals surface area contributed by atoms with Gasteiger partial charge in [-0.2, -0.15) is 0 Å². The predicted octanol–water partition coefficient (Wildman–Crippen LogP) is 1.07. The lowest BCUT2D eigenvalue weighted by molar-refractivity contribution is -0.919. The van der Waals surface area contributed by atoms with Gasteiger partial charge in [0.25, 0.3) is 5.91 Å². The van der Waals surface area contributed by atoms with Gasteiger partial charge >= 0.3 is 5.97 Å². The summed E-state index contributed by atoms with van der Waals surface area (Å²) in [5.74, 6) is -0.220. The number of nitrogens with one attached hydrogen (secondary N) is 2. The average Bonchev–Trinajstić information content (AvgIpc) is 2.61. The van der Waals surface area contributed by atoms with Crippen LogP contribution in [0.5, 0.6) is 0 Å². The van der Waals surface area contributed by atoms with Crippen molar-refractivity contribution in [3.8, 4) is 0 Å². The van der Waals surface area contributed by atoms with Crippen molar-refractivity contribution in [3.05, 3.63) is 29.8 Å². The summed E-state index contributed by atoms with van der Waals surface area (Å²) in [6, 6.07) is 6.70. The first-order chi connectivity index (χ1) is 11.9. The van der Waals surface area contributed by atoms with Crippen LogP contribution in [-0.2, 0) is 14.3 Å². The molecule has 0 saturated carbocycles. The van der Waals surface area contributed by atoms with Crippen molar-refractivity contribution in [1.29, 1.82) is 0 Å². The molecule has 1 saturated heterocycles. The quantitative estimate of drug-likeness (QED) is 0.596. The Kier molecular flexibility index (Phi) is 6.70. The van der Waals surface area contributed by atoms with E-state index in [0.717, 1.165) is 25.9 Å². The van der Waals surface area contributed by atoms with Gasteiger partial charge in [-0.25, -0.2) is 0 Å². The zero-order valence-corrected chi connectivity index (χ0v) is 15.1. The van der Waals surface area contributed by atoms with E-state index in [-0.39, 0.29) is 29.6 Å². The van der Waals surface area contributed by atoms with E-state index in [1.165, 1.54) is 11.8 Å². The number of carbonyl (C=O) groups excluding carboxylic acids is 3. The van der Waals surface area contributed by atoms with Crippen molar-refractivity contribution in [2.24, 2.45) is 5.92 Å². The summed E-state index contributed by atoms with van der Waals surface area (Å²) in [6.45, 7) is 7.20. The first kappa shape index (κ1) is 19.1. The van der Waals surface area contributed by atoms with Crippen LogP contribution in [0.2, 0.25) is 0 Å². The number of hydrogen-bond acceptors (Lipinski definition) is 4.